The van der Waals surface area contributed by atoms with Gasteiger partial charge < -0.3 is 10.1 Å². The molecule has 0 aromatic rings. The highest BCUT2D eigenvalue weighted by atomic mass is 16.5. The summed E-state index contributed by atoms with van der Waals surface area (Å²) in [7, 11) is 2.06. The molecule has 1 N–H and O–H groups in total. The molecule has 0 saturated carbocycles. The zero-order valence-electron chi connectivity index (χ0n) is 9.88. The summed E-state index contributed by atoms with van der Waals surface area (Å²) in [4.78, 5) is 0. The molecule has 0 bridgehead atoms. The van der Waals surface area contributed by atoms with Gasteiger partial charge in [-0.1, -0.05) is 26.7 Å². The van der Waals surface area contributed by atoms with Crippen molar-refractivity contribution in [1.29, 1.82) is 0 Å². The molecule has 1 heterocycles. The Hall–Kier alpha value is -0.0800. The van der Waals surface area contributed by atoms with Crippen LogP contribution in [-0.2, 0) is 4.74 Å². The summed E-state index contributed by atoms with van der Waals surface area (Å²) in [6.07, 6.45) is 6.84. The van der Waals surface area contributed by atoms with Crippen molar-refractivity contribution in [3.63, 3.8) is 0 Å². The normalized spacial score (nSPS) is 26.4. The molecule has 2 heteroatoms. The molecule has 1 rings (SSSR count). The molecule has 1 aliphatic rings. The maximum Gasteiger partial charge on any atom is 0.0728 e. The highest BCUT2D eigenvalue weighted by Gasteiger charge is 2.25. The Balaban J connectivity index is 2.29. The molecular formula is C12H25NO. The summed E-state index contributed by atoms with van der Waals surface area (Å²) in [5.74, 6) is 0.821. The largest absolute Gasteiger partial charge is 0.377 e. The van der Waals surface area contributed by atoms with Gasteiger partial charge in [-0.3, -0.25) is 0 Å². The van der Waals surface area contributed by atoms with Gasteiger partial charge in [-0.2, -0.15) is 0 Å². The van der Waals surface area contributed by atoms with Crippen LogP contribution in [0.5, 0.6) is 0 Å². The first kappa shape index (κ1) is 12.0. The third-order valence-corrected chi connectivity index (χ3v) is 3.22. The van der Waals surface area contributed by atoms with Crippen molar-refractivity contribution in [1.82, 2.24) is 5.32 Å². The van der Waals surface area contributed by atoms with Gasteiger partial charge in [-0.05, 0) is 32.2 Å². The predicted molar refractivity (Wildman–Crippen MR) is 60.5 cm³/mol. The maximum absolute atomic E-state index is 5.72. The molecule has 0 spiro atoms. The number of likely N-dealkylation sites (N-methyl/N-ethyl adjacent to an activating group) is 1. The number of rotatable bonds is 6. The molecule has 0 radical (unpaired) electrons. The lowest BCUT2D eigenvalue weighted by Crippen LogP contribution is -2.38. The van der Waals surface area contributed by atoms with Crippen LogP contribution in [0, 0.1) is 5.92 Å². The summed E-state index contributed by atoms with van der Waals surface area (Å²) in [5.41, 5.74) is 0. The number of hydrogen-bond acceptors (Lipinski definition) is 2. The van der Waals surface area contributed by atoms with E-state index in [1.807, 2.05) is 0 Å². The molecule has 1 aliphatic heterocycles. The second kappa shape index (κ2) is 6.41. The Kier molecular flexibility index (Phi) is 5.49. The third-order valence-electron chi connectivity index (χ3n) is 3.22. The molecule has 1 fully saturated rings. The number of ether oxygens (including phenoxy) is 1. The first-order valence-electron chi connectivity index (χ1n) is 6.06. The highest BCUT2D eigenvalue weighted by Crippen LogP contribution is 2.21. The van der Waals surface area contributed by atoms with Crippen LogP contribution in [0.1, 0.15) is 46.0 Å². The van der Waals surface area contributed by atoms with Crippen LogP contribution in [0.2, 0.25) is 0 Å². The number of nitrogens with one attached hydrogen (secondary N) is 1. The Morgan fingerprint density at radius 3 is 2.79 bits per heavy atom. The van der Waals surface area contributed by atoms with Crippen LogP contribution in [0.3, 0.4) is 0 Å². The van der Waals surface area contributed by atoms with Gasteiger partial charge in [0.25, 0.3) is 0 Å². The molecule has 0 aromatic heterocycles. The molecule has 3 atom stereocenters. The summed E-state index contributed by atoms with van der Waals surface area (Å²) < 4.78 is 5.72. The van der Waals surface area contributed by atoms with Gasteiger partial charge in [0, 0.05) is 12.6 Å². The lowest BCUT2D eigenvalue weighted by molar-refractivity contribution is 0.0727. The monoisotopic (exact) mass is 199 g/mol. The molecule has 0 aliphatic carbocycles. The van der Waals surface area contributed by atoms with Gasteiger partial charge in [-0.25, -0.2) is 0 Å². The van der Waals surface area contributed by atoms with Crippen molar-refractivity contribution < 1.29 is 4.74 Å². The van der Waals surface area contributed by atoms with Crippen LogP contribution in [0.4, 0.5) is 0 Å². The molecule has 14 heavy (non-hydrogen) atoms. The second-order valence-corrected chi connectivity index (χ2v) is 4.58. The van der Waals surface area contributed by atoms with Crippen molar-refractivity contribution in [2.75, 3.05) is 13.7 Å². The minimum absolute atomic E-state index is 0.472. The van der Waals surface area contributed by atoms with Crippen LogP contribution in [0.25, 0.3) is 0 Å². The molecule has 0 amide bonds. The van der Waals surface area contributed by atoms with E-state index in [9.17, 15) is 0 Å². The van der Waals surface area contributed by atoms with Crippen LogP contribution in [-0.4, -0.2) is 25.8 Å². The van der Waals surface area contributed by atoms with Crippen molar-refractivity contribution in [2.45, 2.75) is 58.1 Å². The number of hydrogen-bond donors (Lipinski definition) is 1. The standard InChI is InChI=1S/C12H25NO/c1-4-6-10(2)9-11(13-3)12-7-5-8-14-12/h10-13H,4-9H2,1-3H3. The summed E-state index contributed by atoms with van der Waals surface area (Å²) in [6, 6.07) is 0.569. The SMILES string of the molecule is CCCC(C)CC(NC)C1CCCO1. The fraction of sp³-hybridized carbons (Fsp3) is 1.00. The lowest BCUT2D eigenvalue weighted by atomic mass is 9.93. The highest BCUT2D eigenvalue weighted by molar-refractivity contribution is 4.80. The average Bonchev–Trinajstić information content (AvgIpc) is 2.67. The first-order chi connectivity index (χ1) is 6.77. The van der Waals surface area contributed by atoms with Gasteiger partial charge in [0.15, 0.2) is 0 Å². The van der Waals surface area contributed by atoms with E-state index >= 15 is 0 Å². The van der Waals surface area contributed by atoms with Crippen LogP contribution >= 0.6 is 0 Å². The molecule has 84 valence electrons. The molecule has 3 unspecified atom stereocenters. The minimum atomic E-state index is 0.472. The molecular weight excluding hydrogens is 174 g/mol. The smallest absolute Gasteiger partial charge is 0.0728 e. The van der Waals surface area contributed by atoms with Gasteiger partial charge in [0.05, 0.1) is 6.10 Å². The van der Waals surface area contributed by atoms with E-state index in [0.29, 0.717) is 12.1 Å². The third kappa shape index (κ3) is 3.58. The van der Waals surface area contributed by atoms with E-state index in [4.69, 9.17) is 4.74 Å². The summed E-state index contributed by atoms with van der Waals surface area (Å²) in [6.45, 7) is 5.57. The van der Waals surface area contributed by atoms with Gasteiger partial charge in [0.1, 0.15) is 0 Å². The van der Waals surface area contributed by atoms with Gasteiger partial charge in [-0.15, -0.1) is 0 Å². The topological polar surface area (TPSA) is 21.3 Å². The van der Waals surface area contributed by atoms with Crippen molar-refractivity contribution >= 4 is 0 Å². The summed E-state index contributed by atoms with van der Waals surface area (Å²) >= 11 is 0. The van der Waals surface area contributed by atoms with Crippen LogP contribution in [0.15, 0.2) is 0 Å². The quantitative estimate of drug-likeness (QED) is 0.710. The van der Waals surface area contributed by atoms with E-state index in [1.165, 1.54) is 32.1 Å². The van der Waals surface area contributed by atoms with Crippen molar-refractivity contribution in [2.24, 2.45) is 5.92 Å². The van der Waals surface area contributed by atoms with Crippen molar-refractivity contribution in [3.8, 4) is 0 Å². The zero-order chi connectivity index (χ0) is 10.4. The van der Waals surface area contributed by atoms with E-state index in [0.717, 1.165) is 12.5 Å². The average molecular weight is 199 g/mol. The van der Waals surface area contributed by atoms with Crippen LogP contribution < -0.4 is 5.32 Å². The van der Waals surface area contributed by atoms with E-state index in [1.54, 1.807) is 0 Å². The van der Waals surface area contributed by atoms with Gasteiger partial charge >= 0.3 is 0 Å². The fourth-order valence-electron chi connectivity index (χ4n) is 2.42. The van der Waals surface area contributed by atoms with Crippen molar-refractivity contribution in [3.05, 3.63) is 0 Å². The Morgan fingerprint density at radius 2 is 2.29 bits per heavy atom. The molecule has 2 nitrogen and oxygen atoms in total. The van der Waals surface area contributed by atoms with Gasteiger partial charge in [0.2, 0.25) is 0 Å². The molecule has 0 aromatic carbocycles. The Bertz CT molecular complexity index is 143. The summed E-state index contributed by atoms with van der Waals surface area (Å²) in [5, 5.41) is 3.41. The fourth-order valence-corrected chi connectivity index (χ4v) is 2.42. The maximum atomic E-state index is 5.72. The molecule has 1 saturated heterocycles. The Morgan fingerprint density at radius 1 is 1.50 bits per heavy atom. The second-order valence-electron chi connectivity index (χ2n) is 4.58. The van der Waals surface area contributed by atoms with E-state index in [2.05, 4.69) is 26.2 Å². The van der Waals surface area contributed by atoms with E-state index in [-0.39, 0.29) is 0 Å². The zero-order valence-corrected chi connectivity index (χ0v) is 9.88. The Labute approximate surface area is 88.4 Å². The first-order valence-corrected chi connectivity index (χ1v) is 6.06. The minimum Gasteiger partial charge on any atom is -0.377 e. The predicted octanol–water partition coefficient (Wildman–Crippen LogP) is 2.58. The lowest BCUT2D eigenvalue weighted by Gasteiger charge is -2.25. The van der Waals surface area contributed by atoms with E-state index < -0.39 is 0 Å².